The molecule has 2 aliphatic rings. The highest BCUT2D eigenvalue weighted by Gasteiger charge is 2.40. The first kappa shape index (κ1) is 22.7. The fraction of sp³-hybridized carbons (Fsp3) is 0.241. The minimum atomic E-state index is -0.376. The number of methoxy groups -OCH3 is 1. The van der Waals surface area contributed by atoms with Crippen LogP contribution in [0.3, 0.4) is 0 Å². The zero-order valence-corrected chi connectivity index (χ0v) is 20.3. The normalized spacial score (nSPS) is 15.9. The van der Waals surface area contributed by atoms with E-state index in [0.29, 0.717) is 17.0 Å². The van der Waals surface area contributed by atoms with Crippen molar-refractivity contribution in [1.82, 2.24) is 0 Å². The molecule has 1 fully saturated rings. The van der Waals surface area contributed by atoms with Gasteiger partial charge in [0.05, 0.1) is 18.4 Å². The van der Waals surface area contributed by atoms with E-state index in [1.54, 1.807) is 31.4 Å². The van der Waals surface area contributed by atoms with E-state index >= 15 is 0 Å². The van der Waals surface area contributed by atoms with E-state index in [0.717, 1.165) is 35.5 Å². The molecule has 0 radical (unpaired) electrons. The summed E-state index contributed by atoms with van der Waals surface area (Å²) in [5.74, 6) is -0.0612. The minimum absolute atomic E-state index is 0.284. The van der Waals surface area contributed by atoms with Gasteiger partial charge in [-0.05, 0) is 86.3 Å². The van der Waals surface area contributed by atoms with Gasteiger partial charge in [0, 0.05) is 24.5 Å². The third-order valence-corrected chi connectivity index (χ3v) is 6.67. The maximum Gasteiger partial charge on any atom is 0.282 e. The van der Waals surface area contributed by atoms with Crippen molar-refractivity contribution in [2.24, 2.45) is 0 Å². The van der Waals surface area contributed by atoms with Crippen LogP contribution >= 0.6 is 0 Å². The summed E-state index contributed by atoms with van der Waals surface area (Å²) >= 11 is 0. The summed E-state index contributed by atoms with van der Waals surface area (Å²) in [6.07, 6.45) is 2.42. The fourth-order valence-electron chi connectivity index (χ4n) is 4.83. The number of ether oxygens (including phenoxy) is 1. The Morgan fingerprint density at radius 3 is 2.09 bits per heavy atom. The van der Waals surface area contributed by atoms with E-state index in [2.05, 4.69) is 22.3 Å². The van der Waals surface area contributed by atoms with Crippen molar-refractivity contribution >= 4 is 34.4 Å². The van der Waals surface area contributed by atoms with Gasteiger partial charge in [-0.25, -0.2) is 4.90 Å². The molecule has 3 aromatic carbocycles. The van der Waals surface area contributed by atoms with Crippen LogP contribution in [0, 0.1) is 13.8 Å². The lowest BCUT2D eigenvalue weighted by Crippen LogP contribution is -2.32. The molecule has 178 valence electrons. The number of hydrogen-bond donors (Lipinski definition) is 1. The molecular weight excluding hydrogens is 438 g/mol. The fourth-order valence-corrected chi connectivity index (χ4v) is 4.83. The predicted octanol–water partition coefficient (Wildman–Crippen LogP) is 5.31. The number of hydrogen-bond acceptors (Lipinski definition) is 5. The number of aryl methyl sites for hydroxylation is 2. The topological polar surface area (TPSA) is 61.9 Å². The number of nitrogens with one attached hydrogen (secondary N) is 1. The molecule has 0 saturated carbocycles. The van der Waals surface area contributed by atoms with Gasteiger partial charge < -0.3 is 15.0 Å². The zero-order chi connectivity index (χ0) is 24.5. The molecule has 0 atom stereocenters. The van der Waals surface area contributed by atoms with Crippen LogP contribution in [-0.2, 0) is 9.59 Å². The Balaban J connectivity index is 1.53. The van der Waals surface area contributed by atoms with Gasteiger partial charge in [0.1, 0.15) is 11.4 Å². The molecule has 35 heavy (non-hydrogen) atoms. The summed E-state index contributed by atoms with van der Waals surface area (Å²) in [4.78, 5) is 31.0. The Bertz CT molecular complexity index is 1300. The molecule has 2 heterocycles. The Kier molecular flexibility index (Phi) is 6.03. The zero-order valence-electron chi connectivity index (χ0n) is 20.3. The number of imide groups is 1. The summed E-state index contributed by atoms with van der Waals surface area (Å²) in [5.41, 5.74) is 5.90. The number of anilines is 3. The van der Waals surface area contributed by atoms with E-state index in [1.165, 1.54) is 23.4 Å². The van der Waals surface area contributed by atoms with Gasteiger partial charge in [-0.2, -0.15) is 0 Å². The number of carbonyl (C=O) groups is 2. The number of nitrogens with zero attached hydrogens (tertiary/aromatic N) is 2. The Morgan fingerprint density at radius 1 is 0.800 bits per heavy atom. The monoisotopic (exact) mass is 467 g/mol. The van der Waals surface area contributed by atoms with Crippen LogP contribution in [0.5, 0.6) is 5.75 Å². The molecule has 1 saturated heterocycles. The molecule has 0 unspecified atom stereocenters. The quantitative estimate of drug-likeness (QED) is 0.498. The lowest BCUT2D eigenvalue weighted by Gasteiger charge is -2.18. The number of amides is 2. The van der Waals surface area contributed by atoms with Crippen LogP contribution in [-0.4, -0.2) is 32.0 Å². The van der Waals surface area contributed by atoms with Crippen molar-refractivity contribution in [1.29, 1.82) is 0 Å². The molecular formula is C29H29N3O3. The highest BCUT2D eigenvalue weighted by Crippen LogP contribution is 2.36. The first-order chi connectivity index (χ1) is 17.0. The molecule has 5 rings (SSSR count). The Hall–Kier alpha value is -4.06. The molecule has 2 amide bonds. The van der Waals surface area contributed by atoms with E-state index in [4.69, 9.17) is 4.74 Å². The first-order valence-corrected chi connectivity index (χ1v) is 11.9. The summed E-state index contributed by atoms with van der Waals surface area (Å²) in [5, 5.41) is 3.28. The lowest BCUT2D eigenvalue weighted by molar-refractivity contribution is -0.120. The molecule has 1 N–H and O–H groups in total. The van der Waals surface area contributed by atoms with Crippen LogP contribution in [0.15, 0.2) is 72.4 Å². The summed E-state index contributed by atoms with van der Waals surface area (Å²) in [6, 6.07) is 20.9. The highest BCUT2D eigenvalue weighted by molar-refractivity contribution is 6.46. The summed E-state index contributed by atoms with van der Waals surface area (Å²) in [6.45, 7) is 6.11. The molecule has 6 nitrogen and oxygen atoms in total. The Morgan fingerprint density at radius 2 is 1.46 bits per heavy atom. The molecule has 0 spiro atoms. The van der Waals surface area contributed by atoms with E-state index in [-0.39, 0.29) is 17.5 Å². The number of benzene rings is 3. The van der Waals surface area contributed by atoms with Gasteiger partial charge in [-0.1, -0.05) is 23.8 Å². The van der Waals surface area contributed by atoms with Crippen molar-refractivity contribution in [3.8, 4) is 5.75 Å². The number of carbonyl (C=O) groups excluding carboxylic acids is 2. The van der Waals surface area contributed by atoms with Gasteiger partial charge in [-0.15, -0.1) is 0 Å². The Labute approximate surface area is 205 Å². The van der Waals surface area contributed by atoms with Crippen LogP contribution in [0.4, 0.5) is 17.1 Å². The summed E-state index contributed by atoms with van der Waals surface area (Å²) < 4.78 is 5.23. The second kappa shape index (κ2) is 9.29. The van der Waals surface area contributed by atoms with Crippen molar-refractivity contribution in [3.05, 3.63) is 89.1 Å². The molecule has 0 aliphatic carbocycles. The summed E-state index contributed by atoms with van der Waals surface area (Å²) in [7, 11) is 1.58. The molecule has 2 aliphatic heterocycles. The maximum absolute atomic E-state index is 13.7. The standard InChI is InChI=1S/C29H29N3O3/c1-19-6-15-25(20(2)18-19)26-27(30-21-7-9-22(10-8-21)31-16-4-5-17-31)29(34)32(28(26)33)23-11-13-24(35-3)14-12-23/h6-15,18,30H,4-5,16-17H2,1-3H3. The van der Waals surface area contributed by atoms with E-state index in [1.807, 2.05) is 44.2 Å². The molecule has 6 heteroatoms. The van der Waals surface area contributed by atoms with Crippen molar-refractivity contribution in [2.75, 3.05) is 35.3 Å². The SMILES string of the molecule is COc1ccc(N2C(=O)C(Nc3ccc(N4CCCC4)cc3)=C(c3ccc(C)cc3C)C2=O)cc1. The van der Waals surface area contributed by atoms with Crippen LogP contribution < -0.4 is 19.9 Å². The second-order valence-corrected chi connectivity index (χ2v) is 9.08. The average Bonchev–Trinajstić information content (AvgIpc) is 3.48. The van der Waals surface area contributed by atoms with Crippen LogP contribution in [0.25, 0.3) is 5.57 Å². The van der Waals surface area contributed by atoms with Crippen LogP contribution in [0.2, 0.25) is 0 Å². The van der Waals surface area contributed by atoms with E-state index < -0.39 is 0 Å². The smallest absolute Gasteiger partial charge is 0.282 e. The molecule has 0 bridgehead atoms. The first-order valence-electron chi connectivity index (χ1n) is 11.9. The van der Waals surface area contributed by atoms with Crippen LogP contribution in [0.1, 0.15) is 29.5 Å². The minimum Gasteiger partial charge on any atom is -0.497 e. The third kappa shape index (κ3) is 4.28. The van der Waals surface area contributed by atoms with Gasteiger partial charge in [0.25, 0.3) is 11.8 Å². The average molecular weight is 468 g/mol. The number of rotatable bonds is 6. The van der Waals surface area contributed by atoms with Gasteiger partial charge in [0.15, 0.2) is 0 Å². The maximum atomic E-state index is 13.7. The highest BCUT2D eigenvalue weighted by atomic mass is 16.5. The molecule has 3 aromatic rings. The molecule has 0 aromatic heterocycles. The largest absolute Gasteiger partial charge is 0.497 e. The third-order valence-electron chi connectivity index (χ3n) is 6.67. The second-order valence-electron chi connectivity index (χ2n) is 9.08. The van der Waals surface area contributed by atoms with Crippen molar-refractivity contribution in [3.63, 3.8) is 0 Å². The van der Waals surface area contributed by atoms with Crippen molar-refractivity contribution in [2.45, 2.75) is 26.7 Å². The van der Waals surface area contributed by atoms with Gasteiger partial charge in [0.2, 0.25) is 0 Å². The predicted molar refractivity (Wildman–Crippen MR) is 140 cm³/mol. The van der Waals surface area contributed by atoms with Gasteiger partial charge >= 0.3 is 0 Å². The van der Waals surface area contributed by atoms with E-state index in [9.17, 15) is 9.59 Å². The lowest BCUT2D eigenvalue weighted by atomic mass is 9.97. The van der Waals surface area contributed by atoms with Gasteiger partial charge in [-0.3, -0.25) is 9.59 Å². The van der Waals surface area contributed by atoms with Crippen molar-refractivity contribution < 1.29 is 14.3 Å².